The molecule has 0 bridgehead atoms. The molecule has 0 spiro atoms. The molecule has 2 aliphatic rings. The van der Waals surface area contributed by atoms with Crippen LogP contribution in [0.2, 0.25) is 0 Å². The highest BCUT2D eigenvalue weighted by Crippen LogP contribution is 2.30. The van der Waals surface area contributed by atoms with Crippen molar-refractivity contribution in [3.05, 3.63) is 58.7 Å². The number of carbonyl (C=O) groups is 2. The lowest BCUT2D eigenvalue weighted by Crippen LogP contribution is -2.54. The van der Waals surface area contributed by atoms with Gasteiger partial charge in [0.15, 0.2) is 0 Å². The van der Waals surface area contributed by atoms with E-state index in [-0.39, 0.29) is 23.7 Å². The minimum absolute atomic E-state index is 0.133. The number of benzene rings is 1. The van der Waals surface area contributed by atoms with Crippen molar-refractivity contribution in [2.24, 2.45) is 5.92 Å². The number of pyridine rings is 1. The number of nitrogens with one attached hydrogen (secondary N) is 1. The van der Waals surface area contributed by atoms with Gasteiger partial charge in [0.25, 0.3) is 5.91 Å². The van der Waals surface area contributed by atoms with E-state index in [1.807, 2.05) is 18.7 Å². The summed E-state index contributed by atoms with van der Waals surface area (Å²) in [4.78, 5) is 33.7. The summed E-state index contributed by atoms with van der Waals surface area (Å²) in [5.41, 5.74) is 3.42. The van der Waals surface area contributed by atoms with Crippen molar-refractivity contribution in [1.29, 1.82) is 0 Å². The maximum absolute atomic E-state index is 14.4. The molecule has 0 radical (unpaired) electrons. The van der Waals surface area contributed by atoms with Crippen LogP contribution in [0.25, 0.3) is 0 Å². The van der Waals surface area contributed by atoms with Gasteiger partial charge in [0.1, 0.15) is 5.82 Å². The molecular weight excluding hydrogens is 419 g/mol. The van der Waals surface area contributed by atoms with Gasteiger partial charge in [-0.15, -0.1) is 0 Å². The molecule has 1 aliphatic heterocycles. The molecule has 1 saturated carbocycles. The van der Waals surface area contributed by atoms with Crippen molar-refractivity contribution < 1.29 is 14.0 Å². The van der Waals surface area contributed by atoms with E-state index in [0.717, 1.165) is 29.9 Å². The maximum Gasteiger partial charge on any atom is 0.257 e. The Morgan fingerprint density at radius 2 is 1.97 bits per heavy atom. The number of nitrogens with zero attached hydrogens (tertiary/aromatic N) is 3. The Kier molecular flexibility index (Phi) is 7.08. The van der Waals surface area contributed by atoms with Gasteiger partial charge in [-0.3, -0.25) is 19.5 Å². The fourth-order valence-corrected chi connectivity index (χ4v) is 4.68. The van der Waals surface area contributed by atoms with Gasteiger partial charge in [0, 0.05) is 56.2 Å². The number of rotatable bonds is 6. The van der Waals surface area contributed by atoms with Crippen LogP contribution in [0.5, 0.6) is 0 Å². The van der Waals surface area contributed by atoms with Crippen LogP contribution >= 0.6 is 0 Å². The molecule has 2 amide bonds. The maximum atomic E-state index is 14.4. The molecule has 1 N–H and O–H groups in total. The molecule has 1 saturated heterocycles. The van der Waals surface area contributed by atoms with E-state index in [4.69, 9.17) is 0 Å². The molecule has 1 unspecified atom stereocenters. The van der Waals surface area contributed by atoms with Gasteiger partial charge in [0.2, 0.25) is 5.91 Å². The number of piperazine rings is 1. The summed E-state index contributed by atoms with van der Waals surface area (Å²) in [7, 11) is 0. The zero-order valence-electron chi connectivity index (χ0n) is 19.7. The van der Waals surface area contributed by atoms with Gasteiger partial charge < -0.3 is 10.2 Å². The number of hydrogen-bond acceptors (Lipinski definition) is 4. The topological polar surface area (TPSA) is 65.5 Å². The van der Waals surface area contributed by atoms with Crippen LogP contribution in [-0.2, 0) is 11.3 Å². The van der Waals surface area contributed by atoms with E-state index in [1.54, 1.807) is 12.1 Å². The second-order valence-corrected chi connectivity index (χ2v) is 9.55. The standard InChI is InChI=1S/C26H33FN4O2/c1-17-7-8-21(14-28-17)26(33)29-24-13-23(27)12-22(19(24)3)16-30-9-10-31(18(2)15-30)25(32)11-20-5-4-6-20/h7-8,12-14,18,20H,4-6,9-11,15-16H2,1-3H3,(H,29,33). The lowest BCUT2D eigenvalue weighted by atomic mass is 9.82. The normalized spacial score (nSPS) is 19.3. The highest BCUT2D eigenvalue weighted by Gasteiger charge is 2.30. The molecule has 1 aromatic heterocycles. The number of carbonyl (C=O) groups excluding carboxylic acids is 2. The van der Waals surface area contributed by atoms with Crippen molar-refractivity contribution in [2.75, 3.05) is 25.0 Å². The Balaban J connectivity index is 1.40. The third-order valence-electron chi connectivity index (χ3n) is 7.02. The van der Waals surface area contributed by atoms with Gasteiger partial charge >= 0.3 is 0 Å². The summed E-state index contributed by atoms with van der Waals surface area (Å²) in [5, 5.41) is 2.83. The molecule has 2 fully saturated rings. The monoisotopic (exact) mass is 452 g/mol. The molecule has 7 heteroatoms. The van der Waals surface area contributed by atoms with Crippen LogP contribution in [0.4, 0.5) is 10.1 Å². The molecule has 1 aliphatic carbocycles. The first-order valence-electron chi connectivity index (χ1n) is 11.8. The average Bonchev–Trinajstić information content (AvgIpc) is 2.74. The highest BCUT2D eigenvalue weighted by atomic mass is 19.1. The van der Waals surface area contributed by atoms with E-state index >= 15 is 0 Å². The van der Waals surface area contributed by atoms with E-state index in [1.165, 1.54) is 37.6 Å². The first-order chi connectivity index (χ1) is 15.8. The molecule has 2 aromatic rings. The Morgan fingerprint density at radius 1 is 1.18 bits per heavy atom. The zero-order chi connectivity index (χ0) is 23.5. The van der Waals surface area contributed by atoms with Crippen LogP contribution in [0, 0.1) is 25.6 Å². The fraction of sp³-hybridized carbons (Fsp3) is 0.500. The number of amides is 2. The smallest absolute Gasteiger partial charge is 0.257 e. The molecule has 1 aromatic carbocycles. The minimum Gasteiger partial charge on any atom is -0.337 e. The predicted octanol–water partition coefficient (Wildman–Crippen LogP) is 4.31. The molecule has 176 valence electrons. The number of anilines is 1. The Bertz CT molecular complexity index is 1020. The predicted molar refractivity (Wildman–Crippen MR) is 126 cm³/mol. The summed E-state index contributed by atoms with van der Waals surface area (Å²) in [6.45, 7) is 8.63. The van der Waals surface area contributed by atoms with Crippen molar-refractivity contribution in [1.82, 2.24) is 14.8 Å². The van der Waals surface area contributed by atoms with Gasteiger partial charge in [-0.25, -0.2) is 4.39 Å². The van der Waals surface area contributed by atoms with Gasteiger partial charge in [-0.2, -0.15) is 0 Å². The lowest BCUT2D eigenvalue weighted by molar-refractivity contribution is -0.137. The number of hydrogen-bond donors (Lipinski definition) is 1. The largest absolute Gasteiger partial charge is 0.337 e. The van der Waals surface area contributed by atoms with Crippen LogP contribution in [-0.4, -0.2) is 52.3 Å². The van der Waals surface area contributed by atoms with Crippen molar-refractivity contribution in [3.63, 3.8) is 0 Å². The molecule has 4 rings (SSSR count). The van der Waals surface area contributed by atoms with E-state index in [9.17, 15) is 14.0 Å². The highest BCUT2D eigenvalue weighted by molar-refractivity contribution is 6.04. The SMILES string of the molecule is Cc1ccc(C(=O)Nc2cc(F)cc(CN3CCN(C(=O)CC4CCC4)C(C)C3)c2C)cn1. The van der Waals surface area contributed by atoms with Crippen LogP contribution in [0.15, 0.2) is 30.5 Å². The number of halogens is 1. The number of aromatic nitrogens is 1. The summed E-state index contributed by atoms with van der Waals surface area (Å²) in [5.74, 6) is 0.149. The Morgan fingerprint density at radius 3 is 2.61 bits per heavy atom. The van der Waals surface area contributed by atoms with E-state index in [0.29, 0.717) is 36.7 Å². The molecule has 2 heterocycles. The third kappa shape index (κ3) is 5.58. The first kappa shape index (κ1) is 23.4. The van der Waals surface area contributed by atoms with Crippen LogP contribution in [0.3, 0.4) is 0 Å². The third-order valence-corrected chi connectivity index (χ3v) is 7.02. The van der Waals surface area contributed by atoms with Gasteiger partial charge in [-0.1, -0.05) is 6.42 Å². The van der Waals surface area contributed by atoms with Gasteiger partial charge in [0.05, 0.1) is 5.56 Å². The van der Waals surface area contributed by atoms with E-state index < -0.39 is 0 Å². The molecule has 6 nitrogen and oxygen atoms in total. The van der Waals surface area contributed by atoms with Crippen LogP contribution < -0.4 is 5.32 Å². The molecule has 1 atom stereocenters. The molecular formula is C26H33FN4O2. The summed E-state index contributed by atoms with van der Waals surface area (Å²) in [6.07, 6.45) is 5.80. The van der Waals surface area contributed by atoms with Gasteiger partial charge in [-0.05, 0) is 74.9 Å². The molecule has 33 heavy (non-hydrogen) atoms. The van der Waals surface area contributed by atoms with Crippen molar-refractivity contribution in [2.45, 2.75) is 59.0 Å². The zero-order valence-corrected chi connectivity index (χ0v) is 19.7. The minimum atomic E-state index is -0.379. The summed E-state index contributed by atoms with van der Waals surface area (Å²) >= 11 is 0. The second kappa shape index (κ2) is 10.00. The Labute approximate surface area is 195 Å². The fourth-order valence-electron chi connectivity index (χ4n) is 4.68. The average molecular weight is 453 g/mol. The summed E-state index contributed by atoms with van der Waals surface area (Å²) in [6, 6.07) is 6.51. The quantitative estimate of drug-likeness (QED) is 0.709. The lowest BCUT2D eigenvalue weighted by Gasteiger charge is -2.41. The number of aryl methyl sites for hydroxylation is 1. The van der Waals surface area contributed by atoms with Crippen LogP contribution in [0.1, 0.15) is 59.8 Å². The second-order valence-electron chi connectivity index (χ2n) is 9.55. The Hall–Kier alpha value is -2.80. The van der Waals surface area contributed by atoms with E-state index in [2.05, 4.69) is 22.1 Å². The van der Waals surface area contributed by atoms with Crippen molar-refractivity contribution in [3.8, 4) is 0 Å². The first-order valence-corrected chi connectivity index (χ1v) is 11.8. The van der Waals surface area contributed by atoms with Crippen molar-refractivity contribution >= 4 is 17.5 Å². The summed E-state index contributed by atoms with van der Waals surface area (Å²) < 4.78 is 14.4.